The first kappa shape index (κ1) is 16.9. The van der Waals surface area contributed by atoms with Gasteiger partial charge in [0.05, 0.1) is 16.8 Å². The molecule has 0 radical (unpaired) electrons. The van der Waals surface area contributed by atoms with E-state index in [1.807, 2.05) is 12.1 Å². The van der Waals surface area contributed by atoms with Crippen LogP contribution in [0.2, 0.25) is 5.02 Å². The summed E-state index contributed by atoms with van der Waals surface area (Å²) in [6.45, 7) is 2.82. The minimum Gasteiger partial charge on any atom is -0.305 e. The van der Waals surface area contributed by atoms with Gasteiger partial charge in [0.1, 0.15) is 5.82 Å². The molecule has 1 atom stereocenters. The number of aromatic nitrogens is 1. The van der Waals surface area contributed by atoms with Gasteiger partial charge in [-0.1, -0.05) is 24.6 Å². The molecule has 0 fully saturated rings. The van der Waals surface area contributed by atoms with Gasteiger partial charge < -0.3 is 5.32 Å². The van der Waals surface area contributed by atoms with Crippen LogP contribution < -0.4 is 5.32 Å². The molecule has 2 nitrogen and oxygen atoms in total. The van der Waals surface area contributed by atoms with Crippen molar-refractivity contribution >= 4 is 43.5 Å². The molecule has 1 unspecified atom stereocenters. The molecule has 1 aromatic heterocycles. The zero-order valence-corrected chi connectivity index (χ0v) is 15.3. The van der Waals surface area contributed by atoms with Gasteiger partial charge in [0, 0.05) is 20.7 Å². The van der Waals surface area contributed by atoms with Crippen molar-refractivity contribution in [3.63, 3.8) is 0 Å². The van der Waals surface area contributed by atoms with Crippen LogP contribution in [0.5, 0.6) is 0 Å². The van der Waals surface area contributed by atoms with E-state index < -0.39 is 5.82 Å². The number of halogens is 4. The fraction of sp³-hybridized carbons (Fsp3) is 0.267. The molecule has 0 aliphatic carbocycles. The normalized spacial score (nSPS) is 12.4. The molecule has 6 heteroatoms. The zero-order valence-electron chi connectivity index (χ0n) is 11.3. The molecule has 1 N–H and O–H groups in total. The summed E-state index contributed by atoms with van der Waals surface area (Å²) >= 11 is 12.6. The maximum absolute atomic E-state index is 14.5. The molecule has 2 rings (SSSR count). The minimum atomic E-state index is -0.427. The molecular formula is C15H14Br2ClFN2. The Morgan fingerprint density at radius 2 is 2.05 bits per heavy atom. The lowest BCUT2D eigenvalue weighted by atomic mass is 10.0. The average molecular weight is 437 g/mol. The SMILES string of the molecule is CCCNC(c1ccc(Br)cn1)c1ccc(Br)c(Cl)c1F. The summed E-state index contributed by atoms with van der Waals surface area (Å²) in [5.41, 5.74) is 1.25. The van der Waals surface area contributed by atoms with Crippen LogP contribution in [0, 0.1) is 5.82 Å². The molecule has 0 spiro atoms. The summed E-state index contributed by atoms with van der Waals surface area (Å²) in [6, 6.07) is 6.90. The van der Waals surface area contributed by atoms with Crippen LogP contribution in [0.3, 0.4) is 0 Å². The number of rotatable bonds is 5. The molecule has 0 aliphatic heterocycles. The van der Waals surface area contributed by atoms with Gasteiger partial charge in [0.15, 0.2) is 0 Å². The van der Waals surface area contributed by atoms with E-state index in [1.165, 1.54) is 0 Å². The van der Waals surface area contributed by atoms with Gasteiger partial charge in [-0.15, -0.1) is 0 Å². The number of nitrogens with one attached hydrogen (secondary N) is 1. The number of hydrogen-bond acceptors (Lipinski definition) is 2. The monoisotopic (exact) mass is 434 g/mol. The highest BCUT2D eigenvalue weighted by atomic mass is 79.9. The second-order valence-electron chi connectivity index (χ2n) is 4.55. The standard InChI is InChI=1S/C15H14Br2ClFN2/c1-2-7-20-15(12-6-3-9(16)8-21-12)10-4-5-11(17)13(18)14(10)19/h3-6,8,15,20H,2,7H2,1H3. The smallest absolute Gasteiger partial charge is 0.148 e. The third-order valence-electron chi connectivity index (χ3n) is 3.02. The highest BCUT2D eigenvalue weighted by Crippen LogP contribution is 2.32. The number of benzene rings is 1. The summed E-state index contributed by atoms with van der Waals surface area (Å²) in [5.74, 6) is -0.427. The third kappa shape index (κ3) is 4.03. The quantitative estimate of drug-likeness (QED) is 0.627. The summed E-state index contributed by atoms with van der Waals surface area (Å²) < 4.78 is 15.9. The average Bonchev–Trinajstić information content (AvgIpc) is 2.48. The number of nitrogens with zero attached hydrogens (tertiary/aromatic N) is 1. The molecule has 21 heavy (non-hydrogen) atoms. The lowest BCUT2D eigenvalue weighted by molar-refractivity contribution is 0.539. The van der Waals surface area contributed by atoms with E-state index in [2.05, 4.69) is 49.1 Å². The van der Waals surface area contributed by atoms with Crippen LogP contribution in [0.25, 0.3) is 0 Å². The van der Waals surface area contributed by atoms with Crippen molar-refractivity contribution in [3.05, 3.63) is 61.5 Å². The Bertz CT molecular complexity index is 620. The summed E-state index contributed by atoms with van der Waals surface area (Å²) in [7, 11) is 0. The third-order valence-corrected chi connectivity index (χ3v) is 4.75. The Kier molecular flexibility index (Phi) is 6.17. The van der Waals surface area contributed by atoms with Gasteiger partial charge >= 0.3 is 0 Å². The van der Waals surface area contributed by atoms with Gasteiger partial charge in [-0.2, -0.15) is 0 Å². The summed E-state index contributed by atoms with van der Waals surface area (Å²) in [6.07, 6.45) is 2.65. The molecule has 112 valence electrons. The molecule has 1 aromatic carbocycles. The number of hydrogen-bond donors (Lipinski definition) is 1. The van der Waals surface area contributed by atoms with Crippen LogP contribution in [0.1, 0.15) is 30.6 Å². The fourth-order valence-electron chi connectivity index (χ4n) is 1.98. The Labute approximate surface area is 145 Å². The first-order valence-corrected chi connectivity index (χ1v) is 8.49. The van der Waals surface area contributed by atoms with Crippen molar-refractivity contribution in [1.29, 1.82) is 0 Å². The van der Waals surface area contributed by atoms with Crippen molar-refractivity contribution in [2.45, 2.75) is 19.4 Å². The highest BCUT2D eigenvalue weighted by Gasteiger charge is 2.21. The maximum Gasteiger partial charge on any atom is 0.148 e. The Balaban J connectivity index is 2.45. The topological polar surface area (TPSA) is 24.9 Å². The van der Waals surface area contributed by atoms with Crippen LogP contribution in [-0.4, -0.2) is 11.5 Å². The molecule has 0 saturated heterocycles. The van der Waals surface area contributed by atoms with Crippen molar-refractivity contribution in [2.24, 2.45) is 0 Å². The molecule has 0 amide bonds. The van der Waals surface area contributed by atoms with Crippen LogP contribution in [0.15, 0.2) is 39.4 Å². The largest absolute Gasteiger partial charge is 0.305 e. The fourth-order valence-corrected chi connectivity index (χ4v) is 2.70. The van der Waals surface area contributed by atoms with Crippen LogP contribution in [0.4, 0.5) is 4.39 Å². The molecule has 1 heterocycles. The van der Waals surface area contributed by atoms with Gasteiger partial charge in [-0.25, -0.2) is 4.39 Å². The Hall–Kier alpha value is -0.490. The predicted octanol–water partition coefficient (Wildman–Crippen LogP) is 5.49. The summed E-state index contributed by atoms with van der Waals surface area (Å²) in [5, 5.41) is 3.41. The van der Waals surface area contributed by atoms with Gasteiger partial charge in [-0.3, -0.25) is 4.98 Å². The van der Waals surface area contributed by atoms with E-state index in [0.717, 1.165) is 23.1 Å². The Morgan fingerprint density at radius 1 is 1.29 bits per heavy atom. The molecule has 0 saturated carbocycles. The van der Waals surface area contributed by atoms with Gasteiger partial charge in [-0.05, 0) is 63.0 Å². The van der Waals surface area contributed by atoms with Crippen molar-refractivity contribution in [2.75, 3.05) is 6.54 Å². The van der Waals surface area contributed by atoms with Gasteiger partial charge in [0.25, 0.3) is 0 Å². The highest BCUT2D eigenvalue weighted by molar-refractivity contribution is 9.10. The first-order valence-electron chi connectivity index (χ1n) is 6.52. The second kappa shape index (κ2) is 7.68. The maximum atomic E-state index is 14.5. The Morgan fingerprint density at radius 3 is 2.67 bits per heavy atom. The molecule has 2 aromatic rings. The van der Waals surface area contributed by atoms with E-state index in [9.17, 15) is 4.39 Å². The van der Waals surface area contributed by atoms with E-state index >= 15 is 0 Å². The first-order chi connectivity index (χ1) is 10.0. The lowest BCUT2D eigenvalue weighted by Gasteiger charge is -2.20. The van der Waals surface area contributed by atoms with Crippen molar-refractivity contribution in [1.82, 2.24) is 10.3 Å². The van der Waals surface area contributed by atoms with Crippen LogP contribution >= 0.6 is 43.5 Å². The predicted molar refractivity (Wildman–Crippen MR) is 91.2 cm³/mol. The number of pyridine rings is 1. The second-order valence-corrected chi connectivity index (χ2v) is 6.70. The van der Waals surface area contributed by atoms with Gasteiger partial charge in [0.2, 0.25) is 0 Å². The minimum absolute atomic E-state index is 0.0907. The van der Waals surface area contributed by atoms with Crippen molar-refractivity contribution < 1.29 is 4.39 Å². The van der Waals surface area contributed by atoms with E-state index in [-0.39, 0.29) is 11.1 Å². The lowest BCUT2D eigenvalue weighted by Crippen LogP contribution is -2.25. The molecule has 0 bridgehead atoms. The van der Waals surface area contributed by atoms with Crippen molar-refractivity contribution in [3.8, 4) is 0 Å². The summed E-state index contributed by atoms with van der Waals surface area (Å²) in [4.78, 5) is 4.37. The van der Waals surface area contributed by atoms with E-state index in [0.29, 0.717) is 10.0 Å². The van der Waals surface area contributed by atoms with Crippen LogP contribution in [-0.2, 0) is 0 Å². The van der Waals surface area contributed by atoms with E-state index in [4.69, 9.17) is 11.6 Å². The molecular weight excluding hydrogens is 422 g/mol. The molecule has 0 aliphatic rings. The zero-order chi connectivity index (χ0) is 15.4. The van der Waals surface area contributed by atoms with E-state index in [1.54, 1.807) is 18.3 Å².